The van der Waals surface area contributed by atoms with Crippen LogP contribution in [-0.4, -0.2) is 35.3 Å². The van der Waals surface area contributed by atoms with Gasteiger partial charge < -0.3 is 20.3 Å². The van der Waals surface area contributed by atoms with E-state index in [0.717, 1.165) is 18.5 Å². The van der Waals surface area contributed by atoms with E-state index in [9.17, 15) is 14.4 Å². The van der Waals surface area contributed by atoms with Gasteiger partial charge >= 0.3 is 0 Å². The van der Waals surface area contributed by atoms with Crippen LogP contribution in [0.5, 0.6) is 5.75 Å². The quantitative estimate of drug-likeness (QED) is 0.855. The largest absolute Gasteiger partial charge is 0.479 e. The zero-order valence-corrected chi connectivity index (χ0v) is 15.5. The molecule has 0 aliphatic carbocycles. The Hall–Kier alpha value is -3.35. The summed E-state index contributed by atoms with van der Waals surface area (Å²) in [6, 6.07) is 12.4. The fraction of sp³-hybridized carbons (Fsp3) is 0.286. The van der Waals surface area contributed by atoms with Gasteiger partial charge in [0, 0.05) is 30.8 Å². The number of nitrogens with one attached hydrogen (secondary N) is 2. The van der Waals surface area contributed by atoms with Crippen molar-refractivity contribution in [2.45, 2.75) is 32.4 Å². The van der Waals surface area contributed by atoms with Crippen LogP contribution in [0.4, 0.5) is 11.4 Å². The summed E-state index contributed by atoms with van der Waals surface area (Å²) in [6.45, 7) is 2.95. The third kappa shape index (κ3) is 3.69. The van der Waals surface area contributed by atoms with E-state index >= 15 is 0 Å². The predicted molar refractivity (Wildman–Crippen MR) is 104 cm³/mol. The lowest BCUT2D eigenvalue weighted by Crippen LogP contribution is -2.34. The van der Waals surface area contributed by atoms with Crippen LogP contribution < -0.4 is 15.4 Å². The molecule has 2 aromatic rings. The first-order valence-corrected chi connectivity index (χ1v) is 9.29. The Kier molecular flexibility index (Phi) is 4.73. The zero-order chi connectivity index (χ0) is 19.7. The van der Waals surface area contributed by atoms with Gasteiger partial charge in [-0.2, -0.15) is 0 Å². The summed E-state index contributed by atoms with van der Waals surface area (Å²) in [5.74, 6) is 0.246. The van der Waals surface area contributed by atoms with Gasteiger partial charge in [-0.25, -0.2) is 0 Å². The molecule has 3 amide bonds. The topological polar surface area (TPSA) is 87.7 Å². The number of carbonyl (C=O) groups is 3. The summed E-state index contributed by atoms with van der Waals surface area (Å²) in [5.41, 5.74) is 2.52. The van der Waals surface area contributed by atoms with E-state index in [2.05, 4.69) is 10.6 Å². The Morgan fingerprint density at radius 3 is 2.89 bits per heavy atom. The molecule has 2 aliphatic heterocycles. The highest BCUT2D eigenvalue weighted by Crippen LogP contribution is 2.32. The van der Waals surface area contributed by atoms with Crippen LogP contribution in [0, 0.1) is 0 Å². The first-order valence-electron chi connectivity index (χ1n) is 9.29. The molecule has 4 rings (SSSR count). The molecule has 2 aliphatic rings. The molecule has 144 valence electrons. The van der Waals surface area contributed by atoms with Gasteiger partial charge in [0.05, 0.1) is 5.69 Å². The highest BCUT2D eigenvalue weighted by molar-refractivity contribution is 6.05. The lowest BCUT2D eigenvalue weighted by molar-refractivity contribution is -0.128. The summed E-state index contributed by atoms with van der Waals surface area (Å²) in [5, 5.41) is 5.60. The first-order chi connectivity index (χ1) is 13.5. The predicted octanol–water partition coefficient (Wildman–Crippen LogP) is 2.78. The number of likely N-dealkylation sites (tertiary alicyclic amines) is 1. The molecule has 2 heterocycles. The molecule has 1 atom stereocenters. The number of hydrogen-bond donors (Lipinski definition) is 2. The SMILES string of the molecule is C[C@@H]1Oc2ccc(NC(=O)c3cccc(CN4CCCC4=O)c3)cc2NC1=O. The second kappa shape index (κ2) is 7.34. The molecule has 28 heavy (non-hydrogen) atoms. The van der Waals surface area contributed by atoms with E-state index < -0.39 is 6.10 Å². The molecule has 2 N–H and O–H groups in total. The van der Waals surface area contributed by atoms with Gasteiger partial charge in [-0.05, 0) is 49.2 Å². The maximum atomic E-state index is 12.6. The number of nitrogens with zero attached hydrogens (tertiary/aromatic N) is 1. The molecule has 1 saturated heterocycles. The summed E-state index contributed by atoms with van der Waals surface area (Å²) in [7, 11) is 0. The number of amides is 3. The van der Waals surface area contributed by atoms with Gasteiger partial charge in [-0.3, -0.25) is 14.4 Å². The van der Waals surface area contributed by atoms with Crippen molar-refractivity contribution in [1.29, 1.82) is 0 Å². The Bertz CT molecular complexity index is 956. The summed E-state index contributed by atoms with van der Waals surface area (Å²) in [6.07, 6.45) is 0.937. The standard InChI is InChI=1S/C21H21N3O4/c1-13-20(26)23-17-11-16(7-8-18(17)28-13)22-21(27)15-5-2-4-14(10-15)12-24-9-3-6-19(24)25/h2,4-5,7-8,10-11,13H,3,6,9,12H2,1H3,(H,22,27)(H,23,26)/t13-/m0/s1. The number of ether oxygens (including phenoxy) is 1. The molecule has 2 aromatic carbocycles. The number of fused-ring (bicyclic) bond motifs is 1. The van der Waals surface area contributed by atoms with E-state index in [1.165, 1.54) is 0 Å². The van der Waals surface area contributed by atoms with Crippen molar-refractivity contribution in [3.63, 3.8) is 0 Å². The lowest BCUT2D eigenvalue weighted by Gasteiger charge is -2.23. The van der Waals surface area contributed by atoms with Gasteiger partial charge in [0.2, 0.25) is 5.91 Å². The van der Waals surface area contributed by atoms with Crippen LogP contribution in [0.15, 0.2) is 42.5 Å². The van der Waals surface area contributed by atoms with E-state index in [4.69, 9.17) is 4.74 Å². The van der Waals surface area contributed by atoms with Crippen molar-refractivity contribution >= 4 is 29.1 Å². The summed E-state index contributed by atoms with van der Waals surface area (Å²) < 4.78 is 5.52. The van der Waals surface area contributed by atoms with Gasteiger partial charge in [-0.1, -0.05) is 12.1 Å². The zero-order valence-electron chi connectivity index (χ0n) is 15.5. The molecule has 0 radical (unpaired) electrons. The minimum atomic E-state index is -0.543. The number of rotatable bonds is 4. The smallest absolute Gasteiger partial charge is 0.265 e. The first kappa shape index (κ1) is 18.0. The van der Waals surface area contributed by atoms with Gasteiger partial charge in [0.1, 0.15) is 5.75 Å². The van der Waals surface area contributed by atoms with Crippen LogP contribution in [0.25, 0.3) is 0 Å². The van der Waals surface area contributed by atoms with E-state index in [1.807, 2.05) is 17.0 Å². The highest BCUT2D eigenvalue weighted by atomic mass is 16.5. The molecule has 0 bridgehead atoms. The fourth-order valence-corrected chi connectivity index (χ4v) is 3.39. The van der Waals surface area contributed by atoms with Crippen molar-refractivity contribution in [3.8, 4) is 5.75 Å². The maximum Gasteiger partial charge on any atom is 0.265 e. The van der Waals surface area contributed by atoms with Crippen molar-refractivity contribution in [3.05, 3.63) is 53.6 Å². The number of carbonyl (C=O) groups excluding carboxylic acids is 3. The van der Waals surface area contributed by atoms with E-state index in [1.54, 1.807) is 37.3 Å². The van der Waals surface area contributed by atoms with Crippen molar-refractivity contribution in [1.82, 2.24) is 4.90 Å². The Balaban J connectivity index is 1.47. The molecule has 0 unspecified atom stereocenters. The summed E-state index contributed by atoms with van der Waals surface area (Å²) in [4.78, 5) is 38.0. The third-order valence-corrected chi connectivity index (χ3v) is 4.90. The third-order valence-electron chi connectivity index (χ3n) is 4.90. The normalized spacial score (nSPS) is 18.3. The van der Waals surface area contributed by atoms with Crippen molar-refractivity contribution in [2.24, 2.45) is 0 Å². The number of anilines is 2. The minimum Gasteiger partial charge on any atom is -0.479 e. The van der Waals surface area contributed by atoms with Crippen LogP contribution >= 0.6 is 0 Å². The van der Waals surface area contributed by atoms with E-state index in [0.29, 0.717) is 35.7 Å². The maximum absolute atomic E-state index is 12.6. The number of hydrogen-bond acceptors (Lipinski definition) is 4. The number of benzene rings is 2. The average molecular weight is 379 g/mol. The Morgan fingerprint density at radius 1 is 1.25 bits per heavy atom. The summed E-state index contributed by atoms with van der Waals surface area (Å²) >= 11 is 0. The fourth-order valence-electron chi connectivity index (χ4n) is 3.39. The monoisotopic (exact) mass is 379 g/mol. The second-order valence-electron chi connectivity index (χ2n) is 7.03. The van der Waals surface area contributed by atoms with Crippen LogP contribution in [-0.2, 0) is 16.1 Å². The molecule has 1 fully saturated rings. The molecular formula is C21H21N3O4. The average Bonchev–Trinajstić information content (AvgIpc) is 3.08. The Labute approximate surface area is 162 Å². The van der Waals surface area contributed by atoms with Crippen molar-refractivity contribution < 1.29 is 19.1 Å². The molecule has 7 nitrogen and oxygen atoms in total. The molecular weight excluding hydrogens is 358 g/mol. The second-order valence-corrected chi connectivity index (χ2v) is 7.03. The van der Waals surface area contributed by atoms with Crippen LogP contribution in [0.2, 0.25) is 0 Å². The molecule has 0 saturated carbocycles. The van der Waals surface area contributed by atoms with Gasteiger partial charge in [0.15, 0.2) is 6.10 Å². The van der Waals surface area contributed by atoms with Gasteiger partial charge in [0.25, 0.3) is 11.8 Å². The van der Waals surface area contributed by atoms with Crippen molar-refractivity contribution in [2.75, 3.05) is 17.2 Å². The molecule has 7 heteroatoms. The molecule has 0 aromatic heterocycles. The minimum absolute atomic E-state index is 0.155. The molecule has 0 spiro atoms. The Morgan fingerprint density at radius 2 is 2.11 bits per heavy atom. The van der Waals surface area contributed by atoms with Crippen LogP contribution in [0.1, 0.15) is 35.7 Å². The highest BCUT2D eigenvalue weighted by Gasteiger charge is 2.24. The lowest BCUT2D eigenvalue weighted by atomic mass is 10.1. The van der Waals surface area contributed by atoms with E-state index in [-0.39, 0.29) is 17.7 Å². The van der Waals surface area contributed by atoms with Gasteiger partial charge in [-0.15, -0.1) is 0 Å². The van der Waals surface area contributed by atoms with Crippen LogP contribution in [0.3, 0.4) is 0 Å².